The van der Waals surface area contributed by atoms with E-state index in [2.05, 4.69) is 20.4 Å². The molecule has 0 radical (unpaired) electrons. The fraction of sp³-hybridized carbons (Fsp3) is 0.100. The van der Waals surface area contributed by atoms with Crippen molar-refractivity contribution in [1.29, 1.82) is 0 Å². The van der Waals surface area contributed by atoms with Gasteiger partial charge in [0.2, 0.25) is 5.95 Å². The number of hydrogen-bond donors (Lipinski definition) is 2. The topological polar surface area (TPSA) is 92.7 Å². The molecule has 4 aromatic rings. The minimum atomic E-state index is -0.435. The van der Waals surface area contributed by atoms with Crippen LogP contribution in [0.25, 0.3) is 16.5 Å². The van der Waals surface area contributed by atoms with E-state index in [1.165, 1.54) is 40.3 Å². The van der Waals surface area contributed by atoms with Crippen molar-refractivity contribution in [3.63, 3.8) is 0 Å². The number of aromatic nitrogens is 4. The van der Waals surface area contributed by atoms with Crippen LogP contribution in [-0.4, -0.2) is 25.7 Å². The van der Waals surface area contributed by atoms with Gasteiger partial charge in [0, 0.05) is 22.9 Å². The van der Waals surface area contributed by atoms with Gasteiger partial charge in [-0.1, -0.05) is 6.07 Å². The summed E-state index contributed by atoms with van der Waals surface area (Å²) in [6, 6.07) is 10.7. The van der Waals surface area contributed by atoms with Gasteiger partial charge in [-0.15, -0.1) is 11.3 Å². The Morgan fingerprint density at radius 2 is 1.97 bits per heavy atom. The summed E-state index contributed by atoms with van der Waals surface area (Å²) in [6.45, 7) is 3.41. The second-order valence-corrected chi connectivity index (χ2v) is 7.31. The number of amides is 1. The largest absolute Gasteiger partial charge is 0.306 e. The third kappa shape index (κ3) is 3.72. The summed E-state index contributed by atoms with van der Waals surface area (Å²) in [6.07, 6.45) is 0. The van der Waals surface area contributed by atoms with E-state index in [1.54, 1.807) is 19.9 Å². The highest BCUT2D eigenvalue weighted by Gasteiger charge is 2.17. The van der Waals surface area contributed by atoms with Crippen molar-refractivity contribution in [2.75, 3.05) is 5.32 Å². The first-order valence-electron chi connectivity index (χ1n) is 8.71. The number of carbonyl (C=O) groups is 1. The molecule has 0 aliphatic rings. The SMILES string of the molecule is Cc1nc(-n2nc(-c3cccs3)cc2NC(=O)c2ccc(F)cc2)[nH]c(=O)c1C. The fourth-order valence-electron chi connectivity index (χ4n) is 2.70. The summed E-state index contributed by atoms with van der Waals surface area (Å²) < 4.78 is 14.5. The number of anilines is 1. The molecule has 2 N–H and O–H groups in total. The van der Waals surface area contributed by atoms with Gasteiger partial charge in [0.1, 0.15) is 17.3 Å². The van der Waals surface area contributed by atoms with Gasteiger partial charge >= 0.3 is 0 Å². The van der Waals surface area contributed by atoms with E-state index in [1.807, 2.05) is 17.5 Å². The molecular weight excluding hydrogens is 393 g/mol. The molecular formula is C20H16FN5O2S. The highest BCUT2D eigenvalue weighted by molar-refractivity contribution is 7.13. The van der Waals surface area contributed by atoms with Crippen LogP contribution in [0.1, 0.15) is 21.6 Å². The Kier molecular flexibility index (Phi) is 4.81. The number of rotatable bonds is 4. The first kappa shape index (κ1) is 18.8. The molecule has 3 heterocycles. The third-order valence-corrected chi connectivity index (χ3v) is 5.31. The van der Waals surface area contributed by atoms with E-state index < -0.39 is 11.7 Å². The maximum Gasteiger partial charge on any atom is 0.256 e. The lowest BCUT2D eigenvalue weighted by atomic mass is 10.2. The molecule has 0 saturated carbocycles. The molecule has 9 heteroatoms. The van der Waals surface area contributed by atoms with Crippen LogP contribution in [-0.2, 0) is 0 Å². The number of hydrogen-bond acceptors (Lipinski definition) is 5. The van der Waals surface area contributed by atoms with Crippen LogP contribution in [0.5, 0.6) is 0 Å². The van der Waals surface area contributed by atoms with Crippen LogP contribution >= 0.6 is 11.3 Å². The summed E-state index contributed by atoms with van der Waals surface area (Å²) in [5.74, 6) is -0.344. The molecule has 4 rings (SSSR count). The van der Waals surface area contributed by atoms with Crippen LogP contribution in [0, 0.1) is 19.7 Å². The van der Waals surface area contributed by atoms with Crippen molar-refractivity contribution in [2.45, 2.75) is 13.8 Å². The van der Waals surface area contributed by atoms with Gasteiger partial charge in [0.15, 0.2) is 0 Å². The minimum absolute atomic E-state index is 0.190. The lowest BCUT2D eigenvalue weighted by Crippen LogP contribution is -2.20. The third-order valence-electron chi connectivity index (χ3n) is 4.41. The molecule has 29 heavy (non-hydrogen) atoms. The Bertz CT molecular complexity index is 1240. The van der Waals surface area contributed by atoms with E-state index in [4.69, 9.17) is 0 Å². The lowest BCUT2D eigenvalue weighted by Gasteiger charge is -2.09. The van der Waals surface area contributed by atoms with Crippen molar-refractivity contribution in [1.82, 2.24) is 19.7 Å². The highest BCUT2D eigenvalue weighted by atomic mass is 32.1. The summed E-state index contributed by atoms with van der Waals surface area (Å²) in [4.78, 5) is 32.8. The number of benzene rings is 1. The van der Waals surface area contributed by atoms with Gasteiger partial charge in [-0.05, 0) is 49.6 Å². The quantitative estimate of drug-likeness (QED) is 0.538. The molecule has 0 spiro atoms. The van der Waals surface area contributed by atoms with Crippen molar-refractivity contribution < 1.29 is 9.18 Å². The van der Waals surface area contributed by atoms with E-state index in [0.29, 0.717) is 28.3 Å². The van der Waals surface area contributed by atoms with Gasteiger partial charge in [-0.2, -0.15) is 9.78 Å². The second kappa shape index (κ2) is 7.44. The van der Waals surface area contributed by atoms with E-state index >= 15 is 0 Å². The summed E-state index contributed by atoms with van der Waals surface area (Å²) in [7, 11) is 0. The molecule has 0 fully saturated rings. The van der Waals surface area contributed by atoms with Crippen molar-refractivity contribution in [3.8, 4) is 16.5 Å². The van der Waals surface area contributed by atoms with Gasteiger partial charge in [-0.25, -0.2) is 9.37 Å². The van der Waals surface area contributed by atoms with Crippen LogP contribution in [0.3, 0.4) is 0 Å². The summed E-state index contributed by atoms with van der Waals surface area (Å²) in [5.41, 5.74) is 1.70. The maximum absolute atomic E-state index is 13.1. The Morgan fingerprint density at radius 1 is 1.21 bits per heavy atom. The number of nitrogens with zero attached hydrogens (tertiary/aromatic N) is 3. The normalized spacial score (nSPS) is 10.9. The number of aryl methyl sites for hydroxylation is 1. The fourth-order valence-corrected chi connectivity index (χ4v) is 3.38. The molecule has 1 amide bonds. The predicted molar refractivity (Wildman–Crippen MR) is 109 cm³/mol. The summed E-state index contributed by atoms with van der Waals surface area (Å²) >= 11 is 1.50. The van der Waals surface area contributed by atoms with Gasteiger partial charge in [-0.3, -0.25) is 14.6 Å². The maximum atomic E-state index is 13.1. The number of halogens is 1. The molecule has 7 nitrogen and oxygen atoms in total. The molecule has 0 aliphatic carbocycles. The smallest absolute Gasteiger partial charge is 0.256 e. The van der Waals surface area contributed by atoms with Crippen LogP contribution in [0.2, 0.25) is 0 Å². The van der Waals surface area contributed by atoms with Gasteiger partial charge < -0.3 is 5.32 Å². The molecule has 0 saturated heterocycles. The molecule has 1 aromatic carbocycles. The average Bonchev–Trinajstić information content (AvgIpc) is 3.36. The Morgan fingerprint density at radius 3 is 2.62 bits per heavy atom. The zero-order valence-corrected chi connectivity index (χ0v) is 16.4. The zero-order valence-electron chi connectivity index (χ0n) is 15.6. The monoisotopic (exact) mass is 409 g/mol. The van der Waals surface area contributed by atoms with Crippen LogP contribution in [0.4, 0.5) is 10.2 Å². The number of H-pyrrole nitrogens is 1. The number of aromatic amines is 1. The molecule has 0 unspecified atom stereocenters. The number of nitrogens with one attached hydrogen (secondary N) is 2. The van der Waals surface area contributed by atoms with Crippen LogP contribution in [0.15, 0.2) is 52.6 Å². The number of carbonyl (C=O) groups excluding carboxylic acids is 1. The first-order chi connectivity index (χ1) is 13.9. The molecule has 146 valence electrons. The molecule has 3 aromatic heterocycles. The van der Waals surface area contributed by atoms with E-state index in [9.17, 15) is 14.0 Å². The molecule has 0 bridgehead atoms. The highest BCUT2D eigenvalue weighted by Crippen LogP contribution is 2.27. The lowest BCUT2D eigenvalue weighted by molar-refractivity contribution is 0.102. The van der Waals surface area contributed by atoms with Crippen molar-refractivity contribution in [3.05, 3.63) is 80.8 Å². The Hall–Kier alpha value is -3.59. The average molecular weight is 409 g/mol. The van der Waals surface area contributed by atoms with Crippen molar-refractivity contribution >= 4 is 23.1 Å². The Labute approximate surface area is 168 Å². The number of thiophene rings is 1. The molecule has 0 atom stereocenters. The van der Waals surface area contributed by atoms with E-state index in [-0.39, 0.29) is 11.5 Å². The summed E-state index contributed by atoms with van der Waals surface area (Å²) in [5, 5.41) is 9.20. The Balaban J connectivity index is 1.78. The second-order valence-electron chi connectivity index (χ2n) is 6.36. The predicted octanol–water partition coefficient (Wildman–Crippen LogP) is 3.69. The first-order valence-corrected chi connectivity index (χ1v) is 9.59. The van der Waals surface area contributed by atoms with Crippen LogP contribution < -0.4 is 10.9 Å². The van der Waals surface area contributed by atoms with Gasteiger partial charge in [0.25, 0.3) is 11.5 Å². The van der Waals surface area contributed by atoms with E-state index in [0.717, 1.165) is 4.88 Å². The molecule has 0 aliphatic heterocycles. The van der Waals surface area contributed by atoms with Crippen molar-refractivity contribution in [2.24, 2.45) is 0 Å². The van der Waals surface area contributed by atoms with Gasteiger partial charge in [0.05, 0.1) is 4.88 Å². The minimum Gasteiger partial charge on any atom is -0.306 e. The zero-order chi connectivity index (χ0) is 20.5. The standard InChI is InChI=1S/C20H16FN5O2S/c1-11-12(2)22-20(24-18(11)27)26-17(10-15(25-26)16-4-3-9-29-16)23-19(28)13-5-7-14(21)8-6-13/h3-10H,1-2H3,(H,23,28)(H,22,24,27).